The summed E-state index contributed by atoms with van der Waals surface area (Å²) < 4.78 is 7.99. The molecule has 3 aromatic rings. The van der Waals surface area contributed by atoms with Crippen molar-refractivity contribution in [3.8, 4) is 11.4 Å². The van der Waals surface area contributed by atoms with E-state index in [1.54, 1.807) is 0 Å². The predicted molar refractivity (Wildman–Crippen MR) is 127 cm³/mol. The van der Waals surface area contributed by atoms with Crippen LogP contribution in [0.15, 0.2) is 70.8 Å². The van der Waals surface area contributed by atoms with E-state index in [-0.39, 0.29) is 0 Å². The van der Waals surface area contributed by atoms with Gasteiger partial charge >= 0.3 is 0 Å². The van der Waals surface area contributed by atoms with Crippen molar-refractivity contribution in [1.29, 1.82) is 0 Å². The Balaban J connectivity index is 1.28. The number of hydrazone groups is 1. The summed E-state index contributed by atoms with van der Waals surface area (Å²) in [6.07, 6.45) is 9.14. The lowest BCUT2D eigenvalue weighted by molar-refractivity contribution is -0.127. The summed E-state index contributed by atoms with van der Waals surface area (Å²) in [6.45, 7) is 6.74. The maximum Gasteiger partial charge on any atom is 0.263 e. The van der Waals surface area contributed by atoms with Crippen molar-refractivity contribution in [3.05, 3.63) is 88.5 Å². The zero-order valence-corrected chi connectivity index (χ0v) is 18.9. The predicted octanol–water partition coefficient (Wildman–Crippen LogP) is 4.55. The first-order chi connectivity index (χ1) is 16.0. The van der Waals surface area contributed by atoms with Crippen LogP contribution in [0.5, 0.6) is 5.75 Å². The molecule has 1 atom stereocenters. The third kappa shape index (κ3) is 3.15. The molecule has 1 aromatic heterocycles. The number of fused-ring (bicyclic) bond motifs is 4. The number of allylic oxidation sites excluding steroid dienone is 1. The van der Waals surface area contributed by atoms with Crippen LogP contribution in [-0.2, 0) is 17.0 Å². The number of ether oxygens (including phenoxy) is 1. The number of hydrogen-bond acceptors (Lipinski definition) is 6. The first-order valence-corrected chi connectivity index (χ1v) is 11.2. The van der Waals surface area contributed by atoms with E-state index >= 15 is 0 Å². The van der Waals surface area contributed by atoms with E-state index in [0.29, 0.717) is 13.0 Å². The molecule has 3 aliphatic rings. The second kappa shape index (κ2) is 7.33. The number of rotatable bonds is 3. The molecule has 0 amide bonds. The van der Waals surface area contributed by atoms with Crippen LogP contribution in [0.25, 0.3) is 5.69 Å². The molecular formula is C26H25N5O2. The molecule has 33 heavy (non-hydrogen) atoms. The van der Waals surface area contributed by atoms with Crippen molar-refractivity contribution in [3.63, 3.8) is 0 Å². The Kier molecular flexibility index (Phi) is 4.40. The van der Waals surface area contributed by atoms with Gasteiger partial charge < -0.3 is 14.1 Å². The Morgan fingerprint density at radius 3 is 2.82 bits per heavy atom. The van der Waals surface area contributed by atoms with Crippen LogP contribution in [0, 0.1) is 20.8 Å². The van der Waals surface area contributed by atoms with E-state index in [1.807, 2.05) is 42.8 Å². The quantitative estimate of drug-likeness (QED) is 0.601. The molecule has 0 aliphatic carbocycles. The minimum atomic E-state index is -0.758. The van der Waals surface area contributed by atoms with Gasteiger partial charge in [0.2, 0.25) is 0 Å². The van der Waals surface area contributed by atoms with Gasteiger partial charge in [0.1, 0.15) is 5.75 Å². The van der Waals surface area contributed by atoms with Gasteiger partial charge in [-0.1, -0.05) is 23.4 Å². The van der Waals surface area contributed by atoms with Gasteiger partial charge in [-0.2, -0.15) is 10.1 Å². The van der Waals surface area contributed by atoms with Crippen molar-refractivity contribution >= 4 is 12.1 Å². The highest BCUT2D eigenvalue weighted by molar-refractivity contribution is 6.04. The van der Waals surface area contributed by atoms with E-state index in [9.17, 15) is 0 Å². The number of oxime groups is 1. The maximum absolute atomic E-state index is 6.13. The van der Waals surface area contributed by atoms with Gasteiger partial charge in [-0.3, -0.25) is 0 Å². The van der Waals surface area contributed by atoms with Crippen molar-refractivity contribution in [1.82, 2.24) is 14.6 Å². The average molecular weight is 440 g/mol. The van der Waals surface area contributed by atoms with Gasteiger partial charge in [-0.05, 0) is 61.7 Å². The summed E-state index contributed by atoms with van der Waals surface area (Å²) in [6, 6.07) is 12.7. The molecule has 4 heterocycles. The highest BCUT2D eigenvalue weighted by Crippen LogP contribution is 2.47. The Morgan fingerprint density at radius 1 is 1.09 bits per heavy atom. The van der Waals surface area contributed by atoms with Crippen LogP contribution >= 0.6 is 0 Å². The van der Waals surface area contributed by atoms with E-state index in [2.05, 4.69) is 64.0 Å². The number of aryl methyl sites for hydroxylation is 3. The number of hydrogen-bond donors (Lipinski definition) is 0. The largest absolute Gasteiger partial charge is 0.493 e. The first-order valence-electron chi connectivity index (χ1n) is 11.2. The van der Waals surface area contributed by atoms with Crippen LogP contribution in [0.2, 0.25) is 0 Å². The molecule has 6 rings (SSSR count). The van der Waals surface area contributed by atoms with Crippen LogP contribution < -0.4 is 4.74 Å². The summed E-state index contributed by atoms with van der Waals surface area (Å²) in [7, 11) is 0. The topological polar surface area (TPSA) is 64.2 Å². The Morgan fingerprint density at radius 2 is 2.00 bits per heavy atom. The van der Waals surface area contributed by atoms with E-state index < -0.39 is 5.72 Å². The Hall–Kier alpha value is -3.87. The molecule has 2 aromatic carbocycles. The molecule has 0 fully saturated rings. The summed E-state index contributed by atoms with van der Waals surface area (Å²) in [5.41, 5.74) is 6.98. The molecule has 0 radical (unpaired) electrons. The van der Waals surface area contributed by atoms with Crippen LogP contribution in [0.3, 0.4) is 0 Å². The van der Waals surface area contributed by atoms with E-state index in [4.69, 9.17) is 9.57 Å². The lowest BCUT2D eigenvalue weighted by atomic mass is 9.93. The Labute approximate surface area is 192 Å². The van der Waals surface area contributed by atoms with Gasteiger partial charge in [0.05, 0.1) is 30.6 Å². The highest BCUT2D eigenvalue weighted by atomic mass is 16.7. The second-order valence-corrected chi connectivity index (χ2v) is 8.88. The number of imidazole rings is 1. The third-order valence-electron chi connectivity index (χ3n) is 6.47. The van der Waals surface area contributed by atoms with E-state index in [1.165, 1.54) is 11.1 Å². The molecule has 7 heteroatoms. The lowest BCUT2D eigenvalue weighted by Crippen LogP contribution is -2.47. The van der Waals surface area contributed by atoms with Crippen molar-refractivity contribution in [2.24, 2.45) is 10.3 Å². The zero-order chi connectivity index (χ0) is 22.6. The third-order valence-corrected chi connectivity index (χ3v) is 6.47. The van der Waals surface area contributed by atoms with Gasteiger partial charge in [-0.25, -0.2) is 4.98 Å². The number of aromatic nitrogens is 2. The second-order valence-electron chi connectivity index (χ2n) is 8.88. The normalized spacial score (nSPS) is 20.6. The smallest absolute Gasteiger partial charge is 0.263 e. The van der Waals surface area contributed by atoms with Crippen molar-refractivity contribution < 1.29 is 9.57 Å². The fourth-order valence-corrected chi connectivity index (χ4v) is 4.82. The van der Waals surface area contributed by atoms with Crippen LogP contribution in [-0.4, -0.2) is 33.2 Å². The minimum Gasteiger partial charge on any atom is -0.493 e. The average Bonchev–Trinajstić information content (AvgIpc) is 3.39. The molecular weight excluding hydrogens is 414 g/mol. The number of benzene rings is 2. The standard InChI is InChI=1S/C26H25N5O2/c1-17-4-6-22-24(12-17)32-11-9-26(22)31-25(29-33-26)21(8-10-28-31)14-20-5-7-23(18(2)13-20)30-15-19(3)27-16-30/h4-8,10,12-13,15-16H,9,11,14H2,1-3H3. The molecule has 166 valence electrons. The van der Waals surface area contributed by atoms with Gasteiger partial charge in [0.25, 0.3) is 5.72 Å². The zero-order valence-electron chi connectivity index (χ0n) is 18.9. The molecule has 0 N–H and O–H groups in total. The number of amidine groups is 1. The van der Waals surface area contributed by atoms with Gasteiger partial charge in [0.15, 0.2) is 5.84 Å². The molecule has 1 spiro atoms. The molecule has 1 unspecified atom stereocenters. The summed E-state index contributed by atoms with van der Waals surface area (Å²) in [5.74, 6) is 1.60. The van der Waals surface area contributed by atoms with Crippen LogP contribution in [0.4, 0.5) is 0 Å². The lowest BCUT2D eigenvalue weighted by Gasteiger charge is -2.38. The number of nitrogens with zero attached hydrogens (tertiary/aromatic N) is 5. The van der Waals surface area contributed by atoms with Crippen LogP contribution in [0.1, 0.15) is 34.4 Å². The fraction of sp³-hybridized carbons (Fsp3) is 0.269. The summed E-state index contributed by atoms with van der Waals surface area (Å²) >= 11 is 0. The summed E-state index contributed by atoms with van der Waals surface area (Å²) in [5, 5.41) is 11.1. The molecule has 7 nitrogen and oxygen atoms in total. The van der Waals surface area contributed by atoms with Crippen molar-refractivity contribution in [2.45, 2.75) is 39.3 Å². The first kappa shape index (κ1) is 19.8. The maximum atomic E-state index is 6.13. The molecule has 0 bridgehead atoms. The van der Waals surface area contributed by atoms with E-state index in [0.717, 1.165) is 46.1 Å². The fourth-order valence-electron chi connectivity index (χ4n) is 4.82. The Bertz CT molecular complexity index is 1350. The van der Waals surface area contributed by atoms with Gasteiger partial charge in [-0.15, -0.1) is 0 Å². The summed E-state index contributed by atoms with van der Waals surface area (Å²) in [4.78, 5) is 10.5. The molecule has 0 saturated heterocycles. The minimum absolute atomic E-state index is 0.554. The van der Waals surface area contributed by atoms with Crippen molar-refractivity contribution in [2.75, 3.05) is 6.61 Å². The van der Waals surface area contributed by atoms with Gasteiger partial charge in [0, 0.05) is 30.1 Å². The SMILES string of the molecule is Cc1ccc2c(c1)OCCC21ON=C2C(Cc3ccc(-n4cnc(C)c4)c(C)c3)=CC=NN21. The molecule has 3 aliphatic heterocycles. The molecule has 0 saturated carbocycles. The monoisotopic (exact) mass is 439 g/mol. The highest BCUT2D eigenvalue weighted by Gasteiger charge is 2.52.